The van der Waals surface area contributed by atoms with E-state index in [4.69, 9.17) is 4.74 Å². The molecule has 0 saturated carbocycles. The summed E-state index contributed by atoms with van der Waals surface area (Å²) < 4.78 is 30.9. The predicted molar refractivity (Wildman–Crippen MR) is 126 cm³/mol. The molecule has 1 N–H and O–H groups in total. The van der Waals surface area contributed by atoms with Crippen molar-refractivity contribution in [3.8, 4) is 0 Å². The number of benzene rings is 2. The Bertz CT molecular complexity index is 1170. The van der Waals surface area contributed by atoms with Crippen LogP contribution in [0.25, 0.3) is 0 Å². The molecule has 1 atom stereocenters. The number of ether oxygens (including phenoxy) is 1. The summed E-state index contributed by atoms with van der Waals surface area (Å²) in [5.41, 5.74) is 3.31. The number of carbonyl (C=O) groups excluding carboxylic acids is 3. The number of aryl methyl sites for hydroxylation is 3. The molecule has 2 rings (SSSR count). The monoisotopic (exact) mass is 474 g/mol. The number of hydrogen-bond acceptors (Lipinski definition) is 6. The average Bonchev–Trinajstić information content (AvgIpc) is 2.74. The van der Waals surface area contributed by atoms with E-state index < -0.39 is 28.0 Å². The van der Waals surface area contributed by atoms with E-state index in [1.54, 1.807) is 19.1 Å². The lowest BCUT2D eigenvalue weighted by Gasteiger charge is -2.17. The Morgan fingerprint density at radius 2 is 1.61 bits per heavy atom. The Morgan fingerprint density at radius 1 is 0.970 bits per heavy atom. The highest BCUT2D eigenvalue weighted by Gasteiger charge is 2.22. The minimum Gasteiger partial charge on any atom is -0.453 e. The van der Waals surface area contributed by atoms with Gasteiger partial charge in [0.1, 0.15) is 0 Å². The van der Waals surface area contributed by atoms with Crippen molar-refractivity contribution in [2.45, 2.75) is 51.5 Å². The lowest BCUT2D eigenvalue weighted by Crippen LogP contribution is -2.30. The maximum Gasteiger partial charge on any atom is 0.307 e. The van der Waals surface area contributed by atoms with Crippen LogP contribution in [-0.2, 0) is 24.3 Å². The number of amides is 1. The molecule has 0 aliphatic heterocycles. The van der Waals surface area contributed by atoms with Crippen molar-refractivity contribution < 1.29 is 27.5 Å². The highest BCUT2D eigenvalue weighted by molar-refractivity contribution is 7.89. The third-order valence-electron chi connectivity index (χ3n) is 5.17. The van der Waals surface area contributed by atoms with Gasteiger partial charge in [-0.2, -0.15) is 0 Å². The van der Waals surface area contributed by atoms with E-state index in [-0.39, 0.29) is 23.5 Å². The number of nitrogens with one attached hydrogen (secondary N) is 1. The van der Waals surface area contributed by atoms with Crippen LogP contribution in [0, 0.1) is 20.8 Å². The number of carbonyl (C=O) groups is 3. The zero-order valence-electron chi connectivity index (χ0n) is 19.8. The second-order valence-corrected chi connectivity index (χ2v) is 10.3. The zero-order valence-corrected chi connectivity index (χ0v) is 20.6. The van der Waals surface area contributed by atoms with Crippen LogP contribution in [0.1, 0.15) is 46.8 Å². The van der Waals surface area contributed by atoms with E-state index in [9.17, 15) is 22.8 Å². The Hall–Kier alpha value is -3.04. The van der Waals surface area contributed by atoms with Gasteiger partial charge in [-0.1, -0.05) is 23.8 Å². The van der Waals surface area contributed by atoms with Crippen molar-refractivity contribution in [1.29, 1.82) is 0 Å². The second kappa shape index (κ2) is 10.7. The quantitative estimate of drug-likeness (QED) is 0.441. The molecule has 8 nitrogen and oxygen atoms in total. The molecule has 1 amide bonds. The van der Waals surface area contributed by atoms with Crippen LogP contribution in [0.4, 0.5) is 5.69 Å². The summed E-state index contributed by atoms with van der Waals surface area (Å²) in [5.74, 6) is -1.44. The zero-order chi connectivity index (χ0) is 24.9. The smallest absolute Gasteiger partial charge is 0.307 e. The van der Waals surface area contributed by atoms with E-state index in [2.05, 4.69) is 5.32 Å². The molecule has 33 heavy (non-hydrogen) atoms. The number of Topliss-reactive ketones (excluding diaryl/α,β-unsaturated/α-hetero) is 1. The molecular weight excluding hydrogens is 444 g/mol. The Morgan fingerprint density at radius 3 is 2.24 bits per heavy atom. The van der Waals surface area contributed by atoms with Gasteiger partial charge in [-0.3, -0.25) is 14.4 Å². The average molecular weight is 475 g/mol. The van der Waals surface area contributed by atoms with E-state index in [1.165, 1.54) is 33.2 Å². The van der Waals surface area contributed by atoms with Gasteiger partial charge >= 0.3 is 5.97 Å². The topological polar surface area (TPSA) is 110 Å². The molecule has 2 aromatic rings. The van der Waals surface area contributed by atoms with Gasteiger partial charge in [-0.25, -0.2) is 12.7 Å². The van der Waals surface area contributed by atoms with Gasteiger partial charge < -0.3 is 10.1 Å². The summed E-state index contributed by atoms with van der Waals surface area (Å²) in [7, 11) is -0.837. The van der Waals surface area contributed by atoms with Gasteiger partial charge in [0.2, 0.25) is 10.0 Å². The fourth-order valence-corrected chi connectivity index (χ4v) is 3.97. The van der Waals surface area contributed by atoms with E-state index in [1.807, 2.05) is 26.0 Å². The fraction of sp³-hybridized carbons (Fsp3) is 0.375. The molecule has 0 radical (unpaired) electrons. The minimum absolute atomic E-state index is 0.0268. The summed E-state index contributed by atoms with van der Waals surface area (Å²) in [5, 5.41) is 2.61. The number of ketones is 1. The number of sulfonamides is 1. The summed E-state index contributed by atoms with van der Waals surface area (Å²) in [6.45, 7) is 6.85. The van der Waals surface area contributed by atoms with Crippen LogP contribution in [0.2, 0.25) is 0 Å². The Balaban J connectivity index is 1.98. The van der Waals surface area contributed by atoms with Crippen LogP contribution in [-0.4, -0.2) is 50.6 Å². The molecule has 0 spiro atoms. The first-order chi connectivity index (χ1) is 15.3. The number of rotatable bonds is 9. The Kier molecular flexibility index (Phi) is 8.51. The molecule has 1 unspecified atom stereocenters. The second-order valence-electron chi connectivity index (χ2n) is 8.13. The number of anilines is 1. The summed E-state index contributed by atoms with van der Waals surface area (Å²) in [4.78, 5) is 37.2. The van der Waals surface area contributed by atoms with Crippen LogP contribution in [0.15, 0.2) is 41.3 Å². The van der Waals surface area contributed by atoms with E-state index in [0.717, 1.165) is 15.4 Å². The van der Waals surface area contributed by atoms with Crippen LogP contribution in [0.5, 0.6) is 0 Å². The highest BCUT2D eigenvalue weighted by Crippen LogP contribution is 2.22. The third-order valence-corrected chi connectivity index (χ3v) is 6.98. The first kappa shape index (κ1) is 26.2. The molecule has 0 fully saturated rings. The SMILES string of the molecule is Cc1ccc(C)c(C(=O)CCC(=O)OC(C)C(=O)Nc2cc(S(=O)(=O)N(C)C)ccc2C)c1. The fourth-order valence-electron chi connectivity index (χ4n) is 3.04. The molecule has 9 heteroatoms. The van der Waals surface area contributed by atoms with E-state index >= 15 is 0 Å². The van der Waals surface area contributed by atoms with Crippen molar-refractivity contribution in [2.75, 3.05) is 19.4 Å². The van der Waals surface area contributed by atoms with Crippen LogP contribution in [0.3, 0.4) is 0 Å². The molecule has 0 bridgehead atoms. The maximum atomic E-state index is 12.5. The Labute approximate surface area is 195 Å². The molecule has 0 saturated heterocycles. The largest absolute Gasteiger partial charge is 0.453 e. The molecule has 0 aliphatic rings. The van der Waals surface area contributed by atoms with Crippen LogP contribution < -0.4 is 5.32 Å². The van der Waals surface area contributed by atoms with Gasteiger partial charge in [-0.15, -0.1) is 0 Å². The molecule has 0 aromatic heterocycles. The van der Waals surface area contributed by atoms with Gasteiger partial charge in [0.05, 0.1) is 11.3 Å². The van der Waals surface area contributed by atoms with Gasteiger partial charge in [-0.05, 0) is 57.0 Å². The first-order valence-corrected chi connectivity index (χ1v) is 11.9. The van der Waals surface area contributed by atoms with Crippen molar-refractivity contribution in [3.05, 3.63) is 58.7 Å². The van der Waals surface area contributed by atoms with Crippen molar-refractivity contribution in [3.63, 3.8) is 0 Å². The summed E-state index contributed by atoms with van der Waals surface area (Å²) >= 11 is 0. The molecular formula is C24H30N2O6S. The minimum atomic E-state index is -3.67. The molecule has 2 aromatic carbocycles. The van der Waals surface area contributed by atoms with Crippen molar-refractivity contribution in [1.82, 2.24) is 4.31 Å². The summed E-state index contributed by atoms with van der Waals surface area (Å²) in [6.07, 6.45) is -1.30. The lowest BCUT2D eigenvalue weighted by atomic mass is 9.99. The predicted octanol–water partition coefficient (Wildman–Crippen LogP) is 3.40. The van der Waals surface area contributed by atoms with Gasteiger partial charge in [0.15, 0.2) is 11.9 Å². The maximum absolute atomic E-state index is 12.5. The van der Waals surface area contributed by atoms with E-state index in [0.29, 0.717) is 16.8 Å². The van der Waals surface area contributed by atoms with Gasteiger partial charge in [0, 0.05) is 31.8 Å². The first-order valence-electron chi connectivity index (χ1n) is 10.5. The third kappa shape index (κ3) is 6.72. The normalized spacial score (nSPS) is 12.3. The van der Waals surface area contributed by atoms with Crippen molar-refractivity contribution in [2.24, 2.45) is 0 Å². The standard InChI is InChI=1S/C24H30N2O6S/c1-15-7-8-16(2)20(13-15)22(27)11-12-23(28)32-18(4)24(29)25-21-14-19(10-9-17(21)3)33(30,31)26(5)6/h7-10,13-14,18H,11-12H2,1-6H3,(H,25,29). The number of esters is 1. The van der Waals surface area contributed by atoms with Crippen LogP contribution >= 0.6 is 0 Å². The summed E-state index contributed by atoms with van der Waals surface area (Å²) in [6, 6.07) is 9.95. The highest BCUT2D eigenvalue weighted by atomic mass is 32.2. The molecule has 0 heterocycles. The van der Waals surface area contributed by atoms with Crippen molar-refractivity contribution >= 4 is 33.4 Å². The number of nitrogens with zero attached hydrogens (tertiary/aromatic N) is 1. The molecule has 178 valence electrons. The molecule has 0 aliphatic carbocycles. The lowest BCUT2D eigenvalue weighted by molar-refractivity contribution is -0.153. The number of hydrogen-bond donors (Lipinski definition) is 1. The van der Waals surface area contributed by atoms with Gasteiger partial charge in [0.25, 0.3) is 5.91 Å².